The van der Waals surface area contributed by atoms with Crippen molar-refractivity contribution in [2.45, 2.75) is 6.54 Å². The number of rotatable bonds is 4. The summed E-state index contributed by atoms with van der Waals surface area (Å²) in [6.07, 6.45) is 3.43. The predicted molar refractivity (Wildman–Crippen MR) is 115 cm³/mol. The van der Waals surface area contributed by atoms with Gasteiger partial charge in [0.15, 0.2) is 0 Å². The highest BCUT2D eigenvalue weighted by Gasteiger charge is 2.17. The van der Waals surface area contributed by atoms with Crippen molar-refractivity contribution >= 4 is 56.3 Å². The van der Waals surface area contributed by atoms with Gasteiger partial charge in [0.05, 0.1) is 21.4 Å². The Kier molecular flexibility index (Phi) is 5.17. The maximum absolute atomic E-state index is 12.6. The van der Waals surface area contributed by atoms with Crippen LogP contribution in [-0.4, -0.2) is 15.9 Å². The molecule has 3 aromatic heterocycles. The van der Waals surface area contributed by atoms with Crippen LogP contribution in [0.2, 0.25) is 10.0 Å². The van der Waals surface area contributed by atoms with Gasteiger partial charge in [-0.3, -0.25) is 9.78 Å². The summed E-state index contributed by atoms with van der Waals surface area (Å²) in [7, 11) is 0. The Balaban J connectivity index is 1.58. The van der Waals surface area contributed by atoms with Crippen LogP contribution in [0.5, 0.6) is 0 Å². The van der Waals surface area contributed by atoms with Gasteiger partial charge in [-0.25, -0.2) is 4.98 Å². The zero-order valence-corrected chi connectivity index (χ0v) is 16.8. The second-order valence-corrected chi connectivity index (χ2v) is 7.87. The number of benzene rings is 1. The zero-order chi connectivity index (χ0) is 19.7. The number of nitrogens with two attached hydrogens (primary N) is 1. The van der Waals surface area contributed by atoms with Crippen LogP contribution >= 0.6 is 34.5 Å². The number of amides is 1. The summed E-state index contributed by atoms with van der Waals surface area (Å²) in [4.78, 5) is 22.5. The van der Waals surface area contributed by atoms with E-state index in [1.165, 1.54) is 11.3 Å². The number of fused-ring (bicyclic) bond motifs is 1. The molecule has 8 heteroatoms. The minimum Gasteiger partial charge on any atom is -0.397 e. The van der Waals surface area contributed by atoms with E-state index in [-0.39, 0.29) is 5.91 Å². The molecular weight excluding hydrogens is 415 g/mol. The average molecular weight is 429 g/mol. The summed E-state index contributed by atoms with van der Waals surface area (Å²) in [5, 5.41) is 4.55. The lowest BCUT2D eigenvalue weighted by Gasteiger charge is -2.06. The number of nitrogen functional groups attached to an aromatic ring is 1. The van der Waals surface area contributed by atoms with Crippen molar-refractivity contribution in [2.24, 2.45) is 0 Å². The molecule has 1 aromatic carbocycles. The van der Waals surface area contributed by atoms with Crippen molar-refractivity contribution in [3.05, 3.63) is 75.3 Å². The summed E-state index contributed by atoms with van der Waals surface area (Å²) in [6, 6.07) is 12.8. The quantitative estimate of drug-likeness (QED) is 0.469. The SMILES string of the molecule is Nc1c(C(=O)NCc2ccc(Cl)c(Cl)c2)sc2nc(-c3ccncc3)ccc12. The molecule has 28 heavy (non-hydrogen) atoms. The van der Waals surface area contributed by atoms with E-state index >= 15 is 0 Å². The molecule has 3 N–H and O–H groups in total. The monoisotopic (exact) mass is 428 g/mol. The number of carbonyl (C=O) groups excluding carboxylic acids is 1. The standard InChI is InChI=1S/C20H14Cl2N4OS/c21-14-3-1-11(9-15(14)22)10-25-19(27)18-17(23)13-2-4-16(26-20(13)28-18)12-5-7-24-8-6-12/h1-9H,10,23H2,(H,25,27). The topological polar surface area (TPSA) is 80.9 Å². The maximum Gasteiger partial charge on any atom is 0.263 e. The van der Waals surface area contributed by atoms with E-state index in [9.17, 15) is 4.79 Å². The van der Waals surface area contributed by atoms with Crippen LogP contribution in [-0.2, 0) is 6.54 Å². The number of thiophene rings is 1. The fraction of sp³-hybridized carbons (Fsp3) is 0.0500. The Bertz CT molecular complexity index is 1180. The van der Waals surface area contributed by atoms with E-state index in [2.05, 4.69) is 15.3 Å². The van der Waals surface area contributed by atoms with Crippen LogP contribution < -0.4 is 11.1 Å². The average Bonchev–Trinajstić information content (AvgIpc) is 3.05. The predicted octanol–water partition coefficient (Wildman–Crippen LogP) is 5.18. The third-order valence-corrected chi connectivity index (χ3v) is 6.07. The van der Waals surface area contributed by atoms with Crippen molar-refractivity contribution in [1.29, 1.82) is 0 Å². The summed E-state index contributed by atoms with van der Waals surface area (Å²) in [5.74, 6) is -0.253. The van der Waals surface area contributed by atoms with Gasteiger partial charge in [0.25, 0.3) is 5.91 Å². The van der Waals surface area contributed by atoms with Gasteiger partial charge in [0, 0.05) is 29.9 Å². The van der Waals surface area contributed by atoms with E-state index in [1.807, 2.05) is 30.3 Å². The number of halogens is 2. The van der Waals surface area contributed by atoms with E-state index in [0.717, 1.165) is 22.2 Å². The Hall–Kier alpha value is -2.67. The van der Waals surface area contributed by atoms with Gasteiger partial charge in [-0.05, 0) is 42.0 Å². The van der Waals surface area contributed by atoms with E-state index in [4.69, 9.17) is 28.9 Å². The van der Waals surface area contributed by atoms with Gasteiger partial charge in [0.1, 0.15) is 9.71 Å². The smallest absolute Gasteiger partial charge is 0.263 e. The first-order valence-corrected chi connectivity index (χ1v) is 9.91. The molecule has 3 heterocycles. The van der Waals surface area contributed by atoms with Crippen molar-refractivity contribution in [1.82, 2.24) is 15.3 Å². The summed E-state index contributed by atoms with van der Waals surface area (Å²) in [5.41, 5.74) is 9.24. The molecule has 0 atom stereocenters. The number of hydrogen-bond donors (Lipinski definition) is 2. The first kappa shape index (κ1) is 18.7. The Morgan fingerprint density at radius 1 is 1.07 bits per heavy atom. The van der Waals surface area contributed by atoms with Crippen LogP contribution in [0.15, 0.2) is 54.9 Å². The molecule has 0 radical (unpaired) electrons. The summed E-state index contributed by atoms with van der Waals surface area (Å²) < 4.78 is 0. The fourth-order valence-electron chi connectivity index (χ4n) is 2.76. The van der Waals surface area contributed by atoms with Crippen LogP contribution in [0.4, 0.5) is 5.69 Å². The highest BCUT2D eigenvalue weighted by atomic mass is 35.5. The van der Waals surface area contributed by atoms with Crippen LogP contribution in [0.3, 0.4) is 0 Å². The molecule has 140 valence electrons. The molecule has 0 saturated carbocycles. The first-order valence-electron chi connectivity index (χ1n) is 8.34. The highest BCUT2D eigenvalue weighted by Crippen LogP contribution is 2.34. The molecular formula is C20H14Cl2N4OS. The van der Waals surface area contributed by atoms with Gasteiger partial charge in [-0.2, -0.15) is 0 Å². The zero-order valence-electron chi connectivity index (χ0n) is 14.4. The first-order chi connectivity index (χ1) is 13.5. The molecule has 0 aliphatic rings. The van der Waals surface area contributed by atoms with Crippen LogP contribution in [0.1, 0.15) is 15.2 Å². The maximum atomic E-state index is 12.6. The molecule has 4 rings (SSSR count). The number of hydrogen-bond acceptors (Lipinski definition) is 5. The number of carbonyl (C=O) groups is 1. The van der Waals surface area contributed by atoms with Crippen molar-refractivity contribution in [3.8, 4) is 11.3 Å². The summed E-state index contributed by atoms with van der Waals surface area (Å²) in [6.45, 7) is 0.319. The minimum atomic E-state index is -0.253. The van der Waals surface area contributed by atoms with Crippen molar-refractivity contribution in [3.63, 3.8) is 0 Å². The Morgan fingerprint density at radius 2 is 1.86 bits per heavy atom. The molecule has 0 aliphatic heterocycles. The lowest BCUT2D eigenvalue weighted by molar-refractivity contribution is 0.0956. The molecule has 4 aromatic rings. The molecule has 0 fully saturated rings. The van der Waals surface area contributed by atoms with Crippen molar-refractivity contribution < 1.29 is 4.79 Å². The second-order valence-electron chi connectivity index (χ2n) is 6.06. The molecule has 0 spiro atoms. The van der Waals surface area contributed by atoms with Crippen LogP contribution in [0, 0.1) is 0 Å². The Labute approximate surface area is 175 Å². The van der Waals surface area contributed by atoms with Gasteiger partial charge in [0.2, 0.25) is 0 Å². The second kappa shape index (κ2) is 7.75. The van der Waals surface area contributed by atoms with Crippen LogP contribution in [0.25, 0.3) is 21.5 Å². The molecule has 1 amide bonds. The van der Waals surface area contributed by atoms with Gasteiger partial charge < -0.3 is 11.1 Å². The molecule has 0 bridgehead atoms. The largest absolute Gasteiger partial charge is 0.397 e. The molecule has 0 aliphatic carbocycles. The fourth-order valence-corrected chi connectivity index (χ4v) is 4.09. The molecule has 0 saturated heterocycles. The third-order valence-electron chi connectivity index (χ3n) is 4.21. The lowest BCUT2D eigenvalue weighted by Crippen LogP contribution is -2.22. The van der Waals surface area contributed by atoms with Gasteiger partial charge >= 0.3 is 0 Å². The number of nitrogens with one attached hydrogen (secondary N) is 1. The lowest BCUT2D eigenvalue weighted by atomic mass is 10.1. The number of nitrogens with zero attached hydrogens (tertiary/aromatic N) is 2. The van der Waals surface area contributed by atoms with E-state index in [1.54, 1.807) is 24.5 Å². The summed E-state index contributed by atoms with van der Waals surface area (Å²) >= 11 is 13.2. The number of pyridine rings is 2. The third kappa shape index (κ3) is 3.67. The number of anilines is 1. The van der Waals surface area contributed by atoms with Crippen molar-refractivity contribution in [2.75, 3.05) is 5.73 Å². The molecule has 5 nitrogen and oxygen atoms in total. The van der Waals surface area contributed by atoms with Gasteiger partial charge in [-0.1, -0.05) is 29.3 Å². The van der Waals surface area contributed by atoms with Gasteiger partial charge in [-0.15, -0.1) is 11.3 Å². The van der Waals surface area contributed by atoms with E-state index < -0.39 is 0 Å². The Morgan fingerprint density at radius 3 is 2.61 bits per heavy atom. The van der Waals surface area contributed by atoms with E-state index in [0.29, 0.717) is 32.0 Å². The molecule has 0 unspecified atom stereocenters. The minimum absolute atomic E-state index is 0.253. The highest BCUT2D eigenvalue weighted by molar-refractivity contribution is 7.21. The normalized spacial score (nSPS) is 10.9. The number of aromatic nitrogens is 2.